The number of hydrogen-bond donors (Lipinski definition) is 2. The van der Waals surface area contributed by atoms with Crippen LogP contribution in [0.2, 0.25) is 0 Å². The minimum absolute atomic E-state index is 0.481. The molecule has 0 atom stereocenters. The second-order valence-electron chi connectivity index (χ2n) is 5.91. The first-order valence-corrected chi connectivity index (χ1v) is 8.04. The molecule has 3 rings (SSSR count). The Balaban J connectivity index is 1.90. The van der Waals surface area contributed by atoms with Crippen LogP contribution >= 0.6 is 0 Å². The summed E-state index contributed by atoms with van der Waals surface area (Å²) >= 11 is 0. The van der Waals surface area contributed by atoms with Gasteiger partial charge in [-0.25, -0.2) is 9.67 Å². The van der Waals surface area contributed by atoms with Crippen molar-refractivity contribution in [1.29, 1.82) is 0 Å². The Bertz CT molecular complexity index is 642. The van der Waals surface area contributed by atoms with Gasteiger partial charge in [-0.3, -0.25) is 0 Å². The number of rotatable bonds is 4. The lowest BCUT2D eigenvalue weighted by Gasteiger charge is -2.24. The average Bonchev–Trinajstić information content (AvgIpc) is 2.86. The Labute approximate surface area is 131 Å². The number of piperidine rings is 1. The normalized spacial score (nSPS) is 16.0. The Morgan fingerprint density at radius 3 is 2.64 bits per heavy atom. The molecule has 2 aromatic heterocycles. The molecule has 0 aliphatic carbocycles. The van der Waals surface area contributed by atoms with Crippen molar-refractivity contribution in [2.75, 3.05) is 18.4 Å². The van der Waals surface area contributed by atoms with E-state index in [4.69, 9.17) is 0 Å². The van der Waals surface area contributed by atoms with E-state index in [2.05, 4.69) is 38.7 Å². The number of aromatic nitrogens is 4. The van der Waals surface area contributed by atoms with Gasteiger partial charge in [-0.15, -0.1) is 0 Å². The Kier molecular flexibility index (Phi) is 4.38. The molecule has 0 bridgehead atoms. The molecule has 118 valence electrons. The van der Waals surface area contributed by atoms with Crippen LogP contribution in [0.3, 0.4) is 0 Å². The molecular weight excluding hydrogens is 276 g/mol. The lowest BCUT2D eigenvalue weighted by molar-refractivity contribution is 0.478. The number of nitrogens with zero attached hydrogens (tertiary/aromatic N) is 4. The van der Waals surface area contributed by atoms with Gasteiger partial charge in [0.05, 0.1) is 5.69 Å². The van der Waals surface area contributed by atoms with E-state index in [9.17, 15) is 0 Å². The van der Waals surface area contributed by atoms with Crippen molar-refractivity contribution in [3.8, 4) is 5.95 Å². The van der Waals surface area contributed by atoms with Crippen LogP contribution in [-0.4, -0.2) is 38.9 Å². The number of nitrogens with one attached hydrogen (secondary N) is 2. The summed E-state index contributed by atoms with van der Waals surface area (Å²) in [6.45, 7) is 8.26. The monoisotopic (exact) mass is 300 g/mol. The third-order valence-electron chi connectivity index (χ3n) is 4.02. The Morgan fingerprint density at radius 2 is 2.00 bits per heavy atom. The summed E-state index contributed by atoms with van der Waals surface area (Å²) in [7, 11) is 0. The maximum atomic E-state index is 4.68. The van der Waals surface area contributed by atoms with Gasteiger partial charge in [0, 0.05) is 23.5 Å². The third-order valence-corrected chi connectivity index (χ3v) is 4.02. The fourth-order valence-electron chi connectivity index (χ4n) is 2.84. The van der Waals surface area contributed by atoms with E-state index in [1.807, 2.05) is 24.6 Å². The van der Waals surface area contributed by atoms with Gasteiger partial charge in [0.1, 0.15) is 5.82 Å². The van der Waals surface area contributed by atoms with Gasteiger partial charge >= 0.3 is 0 Å². The van der Waals surface area contributed by atoms with Gasteiger partial charge in [0.25, 0.3) is 5.95 Å². The van der Waals surface area contributed by atoms with E-state index < -0.39 is 0 Å². The predicted octanol–water partition coefficient (Wildman–Crippen LogP) is 2.01. The number of aryl methyl sites for hydroxylation is 3. The van der Waals surface area contributed by atoms with Crippen LogP contribution in [0.15, 0.2) is 12.1 Å². The predicted molar refractivity (Wildman–Crippen MR) is 87.5 cm³/mol. The van der Waals surface area contributed by atoms with Crippen molar-refractivity contribution in [3.05, 3.63) is 29.2 Å². The molecule has 0 radical (unpaired) electrons. The van der Waals surface area contributed by atoms with E-state index in [1.54, 1.807) is 0 Å². The summed E-state index contributed by atoms with van der Waals surface area (Å²) in [6.07, 6.45) is 3.14. The minimum Gasteiger partial charge on any atom is -0.367 e. The zero-order valence-corrected chi connectivity index (χ0v) is 13.6. The highest BCUT2D eigenvalue weighted by atomic mass is 15.4. The summed E-state index contributed by atoms with van der Waals surface area (Å²) in [4.78, 5) is 9.30. The molecule has 1 aliphatic rings. The van der Waals surface area contributed by atoms with E-state index in [-0.39, 0.29) is 0 Å². The van der Waals surface area contributed by atoms with Gasteiger partial charge in [-0.2, -0.15) is 10.1 Å². The molecule has 6 nitrogen and oxygen atoms in total. The molecule has 2 N–H and O–H groups in total. The van der Waals surface area contributed by atoms with Crippen molar-refractivity contribution in [3.63, 3.8) is 0 Å². The number of anilines is 1. The van der Waals surface area contributed by atoms with Crippen LogP contribution in [0.5, 0.6) is 0 Å². The fourth-order valence-corrected chi connectivity index (χ4v) is 2.84. The van der Waals surface area contributed by atoms with Gasteiger partial charge in [-0.1, -0.05) is 6.92 Å². The highest BCUT2D eigenvalue weighted by Crippen LogP contribution is 2.16. The molecule has 0 spiro atoms. The molecule has 0 amide bonds. The first-order chi connectivity index (χ1) is 10.7. The van der Waals surface area contributed by atoms with E-state index in [0.717, 1.165) is 55.3 Å². The van der Waals surface area contributed by atoms with Crippen molar-refractivity contribution < 1.29 is 0 Å². The molecule has 0 aromatic carbocycles. The van der Waals surface area contributed by atoms with E-state index in [0.29, 0.717) is 12.0 Å². The molecule has 3 heterocycles. The van der Waals surface area contributed by atoms with Crippen LogP contribution in [0.25, 0.3) is 5.95 Å². The second kappa shape index (κ2) is 6.44. The molecule has 22 heavy (non-hydrogen) atoms. The standard InChI is InChI=1S/C16H24N6/c1-4-13-10-15(18-14-5-7-17-8-6-14)20-16(19-13)22-12(3)9-11(2)21-22/h9-10,14,17H,4-8H2,1-3H3,(H,18,19,20). The summed E-state index contributed by atoms with van der Waals surface area (Å²) in [5.74, 6) is 1.56. The molecule has 6 heteroatoms. The van der Waals surface area contributed by atoms with Crippen molar-refractivity contribution >= 4 is 5.82 Å². The molecule has 0 saturated carbocycles. The first kappa shape index (κ1) is 15.0. The van der Waals surface area contributed by atoms with Crippen molar-refractivity contribution in [2.24, 2.45) is 0 Å². The van der Waals surface area contributed by atoms with E-state index >= 15 is 0 Å². The molecule has 1 fully saturated rings. The Hall–Kier alpha value is -1.95. The minimum atomic E-state index is 0.481. The highest BCUT2D eigenvalue weighted by Gasteiger charge is 2.15. The maximum Gasteiger partial charge on any atom is 0.252 e. The van der Waals surface area contributed by atoms with Crippen LogP contribution in [0, 0.1) is 13.8 Å². The van der Waals surface area contributed by atoms with Gasteiger partial charge in [-0.05, 0) is 52.3 Å². The van der Waals surface area contributed by atoms with Crippen LogP contribution in [-0.2, 0) is 6.42 Å². The topological polar surface area (TPSA) is 67.7 Å². The van der Waals surface area contributed by atoms with Gasteiger partial charge in [0.2, 0.25) is 0 Å². The fraction of sp³-hybridized carbons (Fsp3) is 0.562. The molecule has 1 aliphatic heterocycles. The number of hydrogen-bond acceptors (Lipinski definition) is 5. The maximum absolute atomic E-state index is 4.68. The quantitative estimate of drug-likeness (QED) is 0.904. The lowest BCUT2D eigenvalue weighted by Crippen LogP contribution is -2.35. The third kappa shape index (κ3) is 3.27. The van der Waals surface area contributed by atoms with Crippen molar-refractivity contribution in [2.45, 2.75) is 46.1 Å². The summed E-state index contributed by atoms with van der Waals surface area (Å²) in [5, 5.41) is 11.4. The van der Waals surface area contributed by atoms with Crippen molar-refractivity contribution in [1.82, 2.24) is 25.1 Å². The summed E-state index contributed by atoms with van der Waals surface area (Å²) in [6, 6.07) is 4.58. The van der Waals surface area contributed by atoms with Gasteiger partial charge in [0.15, 0.2) is 0 Å². The Morgan fingerprint density at radius 1 is 1.23 bits per heavy atom. The van der Waals surface area contributed by atoms with Crippen LogP contribution < -0.4 is 10.6 Å². The molecular formula is C16H24N6. The highest BCUT2D eigenvalue weighted by molar-refractivity contribution is 5.40. The molecule has 1 saturated heterocycles. The zero-order chi connectivity index (χ0) is 15.5. The summed E-state index contributed by atoms with van der Waals surface area (Å²) in [5.41, 5.74) is 3.07. The van der Waals surface area contributed by atoms with Gasteiger partial charge < -0.3 is 10.6 Å². The average molecular weight is 300 g/mol. The lowest BCUT2D eigenvalue weighted by atomic mass is 10.1. The largest absolute Gasteiger partial charge is 0.367 e. The zero-order valence-electron chi connectivity index (χ0n) is 13.6. The van der Waals surface area contributed by atoms with E-state index in [1.165, 1.54) is 0 Å². The second-order valence-corrected chi connectivity index (χ2v) is 5.91. The summed E-state index contributed by atoms with van der Waals surface area (Å²) < 4.78 is 1.82. The smallest absolute Gasteiger partial charge is 0.252 e. The SMILES string of the molecule is CCc1cc(NC2CCNCC2)nc(-n2nc(C)cc2C)n1. The molecule has 2 aromatic rings. The first-order valence-electron chi connectivity index (χ1n) is 8.04. The van der Waals surface area contributed by atoms with Crippen LogP contribution in [0.4, 0.5) is 5.82 Å². The molecule has 0 unspecified atom stereocenters. The van der Waals surface area contributed by atoms with Crippen LogP contribution in [0.1, 0.15) is 36.8 Å².